The fourth-order valence-electron chi connectivity index (χ4n) is 1.91. The van der Waals surface area contributed by atoms with Crippen LogP contribution in [0.1, 0.15) is 6.42 Å². The zero-order valence-electron chi connectivity index (χ0n) is 9.10. The van der Waals surface area contributed by atoms with Crippen LogP contribution in [0.25, 0.3) is 0 Å². The average molecular weight is 217 g/mol. The van der Waals surface area contributed by atoms with Crippen molar-refractivity contribution in [3.05, 3.63) is 37.2 Å². The van der Waals surface area contributed by atoms with Crippen molar-refractivity contribution in [2.24, 2.45) is 0 Å². The van der Waals surface area contributed by atoms with Gasteiger partial charge in [-0.15, -0.1) is 0 Å². The third kappa shape index (κ3) is 2.39. The molecule has 0 spiro atoms. The molecular formula is C12H15N3O. The van der Waals surface area contributed by atoms with Gasteiger partial charge in [0, 0.05) is 25.3 Å². The van der Waals surface area contributed by atoms with Crippen LogP contribution in [-0.2, 0) is 4.79 Å². The number of aromatic nitrogens is 1. The molecule has 4 nitrogen and oxygen atoms in total. The van der Waals surface area contributed by atoms with Crippen molar-refractivity contribution in [2.75, 3.05) is 18.0 Å². The Kier molecular flexibility index (Phi) is 3.19. The predicted molar refractivity (Wildman–Crippen MR) is 63.2 cm³/mol. The van der Waals surface area contributed by atoms with Gasteiger partial charge in [0.25, 0.3) is 0 Å². The molecule has 1 amide bonds. The molecular weight excluding hydrogens is 202 g/mol. The first-order chi connectivity index (χ1) is 7.79. The Hall–Kier alpha value is -1.84. The first-order valence-corrected chi connectivity index (χ1v) is 5.37. The molecule has 0 aromatic carbocycles. The quantitative estimate of drug-likeness (QED) is 0.767. The van der Waals surface area contributed by atoms with Gasteiger partial charge in [0.05, 0.1) is 11.9 Å². The van der Waals surface area contributed by atoms with E-state index in [1.807, 2.05) is 18.3 Å². The molecule has 2 heterocycles. The fraction of sp³-hybridized carbons (Fsp3) is 0.333. The second-order valence-corrected chi connectivity index (χ2v) is 3.86. The molecule has 1 atom stereocenters. The minimum absolute atomic E-state index is 0.0990. The topological polar surface area (TPSA) is 45.2 Å². The zero-order valence-corrected chi connectivity index (χ0v) is 9.10. The van der Waals surface area contributed by atoms with Gasteiger partial charge in [0.15, 0.2) is 0 Å². The van der Waals surface area contributed by atoms with Crippen molar-refractivity contribution >= 4 is 11.6 Å². The molecule has 0 saturated carbocycles. The lowest BCUT2D eigenvalue weighted by atomic mass is 10.2. The molecule has 1 aromatic rings. The maximum Gasteiger partial charge on any atom is 0.243 e. The third-order valence-electron chi connectivity index (χ3n) is 2.73. The van der Waals surface area contributed by atoms with E-state index < -0.39 is 0 Å². The molecule has 0 bridgehead atoms. The van der Waals surface area contributed by atoms with Crippen LogP contribution in [0.4, 0.5) is 5.69 Å². The Morgan fingerprint density at radius 1 is 1.69 bits per heavy atom. The van der Waals surface area contributed by atoms with Crippen molar-refractivity contribution in [1.82, 2.24) is 10.3 Å². The van der Waals surface area contributed by atoms with E-state index >= 15 is 0 Å². The second-order valence-electron chi connectivity index (χ2n) is 3.86. The van der Waals surface area contributed by atoms with E-state index in [0.717, 1.165) is 25.2 Å². The molecule has 1 fully saturated rings. The monoisotopic (exact) mass is 217 g/mol. The smallest absolute Gasteiger partial charge is 0.243 e. The van der Waals surface area contributed by atoms with Crippen molar-refractivity contribution in [1.29, 1.82) is 0 Å². The number of anilines is 1. The van der Waals surface area contributed by atoms with Crippen molar-refractivity contribution in [2.45, 2.75) is 12.5 Å². The number of nitrogens with one attached hydrogen (secondary N) is 1. The van der Waals surface area contributed by atoms with E-state index in [2.05, 4.69) is 21.8 Å². The van der Waals surface area contributed by atoms with Crippen LogP contribution in [0, 0.1) is 0 Å². The van der Waals surface area contributed by atoms with E-state index in [0.29, 0.717) is 0 Å². The van der Waals surface area contributed by atoms with Crippen LogP contribution in [-0.4, -0.2) is 30.0 Å². The number of carbonyl (C=O) groups excluding carboxylic acids is 1. The molecule has 1 unspecified atom stereocenters. The Labute approximate surface area is 95.0 Å². The van der Waals surface area contributed by atoms with Gasteiger partial charge in [-0.3, -0.25) is 9.78 Å². The molecule has 1 N–H and O–H groups in total. The average Bonchev–Trinajstić information content (AvgIpc) is 2.78. The SMILES string of the molecule is C=CC(=O)NC1CCN(c2cccnc2)C1. The summed E-state index contributed by atoms with van der Waals surface area (Å²) in [5.74, 6) is -0.0990. The molecule has 1 aromatic heterocycles. The van der Waals surface area contributed by atoms with Crippen LogP contribution in [0.5, 0.6) is 0 Å². The maximum absolute atomic E-state index is 11.2. The highest BCUT2D eigenvalue weighted by atomic mass is 16.1. The van der Waals surface area contributed by atoms with Gasteiger partial charge in [0.2, 0.25) is 5.91 Å². The van der Waals surface area contributed by atoms with Crippen LogP contribution >= 0.6 is 0 Å². The number of hydrogen-bond donors (Lipinski definition) is 1. The van der Waals surface area contributed by atoms with Gasteiger partial charge in [-0.05, 0) is 24.6 Å². The summed E-state index contributed by atoms with van der Waals surface area (Å²) in [6.45, 7) is 5.23. The van der Waals surface area contributed by atoms with Crippen molar-refractivity contribution < 1.29 is 4.79 Å². The van der Waals surface area contributed by atoms with Crippen LogP contribution < -0.4 is 10.2 Å². The summed E-state index contributed by atoms with van der Waals surface area (Å²) in [4.78, 5) is 17.5. The first kappa shape index (κ1) is 10.7. The Balaban J connectivity index is 1.93. The lowest BCUT2D eigenvalue weighted by Crippen LogP contribution is -2.36. The van der Waals surface area contributed by atoms with Gasteiger partial charge >= 0.3 is 0 Å². The minimum Gasteiger partial charge on any atom is -0.368 e. The minimum atomic E-state index is -0.0990. The second kappa shape index (κ2) is 4.79. The van der Waals surface area contributed by atoms with Gasteiger partial charge in [-0.2, -0.15) is 0 Å². The summed E-state index contributed by atoms with van der Waals surface area (Å²) in [6, 6.07) is 4.17. The van der Waals surface area contributed by atoms with E-state index in [1.54, 1.807) is 6.20 Å². The van der Waals surface area contributed by atoms with Gasteiger partial charge in [-0.25, -0.2) is 0 Å². The molecule has 4 heteroatoms. The predicted octanol–water partition coefficient (Wildman–Crippen LogP) is 0.963. The van der Waals surface area contributed by atoms with E-state index in [-0.39, 0.29) is 11.9 Å². The Morgan fingerprint density at radius 2 is 2.56 bits per heavy atom. The molecule has 1 saturated heterocycles. The molecule has 1 aliphatic heterocycles. The summed E-state index contributed by atoms with van der Waals surface area (Å²) in [5, 5.41) is 2.91. The highest BCUT2D eigenvalue weighted by Crippen LogP contribution is 2.18. The maximum atomic E-state index is 11.2. The molecule has 2 rings (SSSR count). The third-order valence-corrected chi connectivity index (χ3v) is 2.73. The van der Waals surface area contributed by atoms with Crippen LogP contribution in [0.15, 0.2) is 37.2 Å². The molecule has 0 aliphatic carbocycles. The lowest BCUT2D eigenvalue weighted by Gasteiger charge is -2.18. The summed E-state index contributed by atoms with van der Waals surface area (Å²) >= 11 is 0. The van der Waals surface area contributed by atoms with Gasteiger partial charge < -0.3 is 10.2 Å². The van der Waals surface area contributed by atoms with E-state index in [9.17, 15) is 4.79 Å². The Morgan fingerprint density at radius 3 is 3.25 bits per heavy atom. The molecule has 16 heavy (non-hydrogen) atoms. The Bertz CT molecular complexity index is 377. The lowest BCUT2D eigenvalue weighted by molar-refractivity contribution is -0.117. The summed E-state index contributed by atoms with van der Waals surface area (Å²) in [5.41, 5.74) is 1.11. The number of nitrogens with zero attached hydrogens (tertiary/aromatic N) is 2. The number of carbonyl (C=O) groups is 1. The van der Waals surface area contributed by atoms with Crippen LogP contribution in [0.2, 0.25) is 0 Å². The molecule has 0 radical (unpaired) electrons. The van der Waals surface area contributed by atoms with E-state index in [1.165, 1.54) is 6.08 Å². The van der Waals surface area contributed by atoms with Crippen LogP contribution in [0.3, 0.4) is 0 Å². The number of rotatable bonds is 3. The number of amides is 1. The molecule has 1 aliphatic rings. The highest BCUT2D eigenvalue weighted by Gasteiger charge is 2.23. The standard InChI is InChI=1S/C12H15N3O/c1-2-12(16)14-10-5-7-15(9-10)11-4-3-6-13-8-11/h2-4,6,8,10H,1,5,7,9H2,(H,14,16). The van der Waals surface area contributed by atoms with Gasteiger partial charge in [-0.1, -0.05) is 6.58 Å². The summed E-state index contributed by atoms with van der Waals surface area (Å²) < 4.78 is 0. The highest BCUT2D eigenvalue weighted by molar-refractivity contribution is 5.87. The van der Waals surface area contributed by atoms with Gasteiger partial charge in [0.1, 0.15) is 0 Å². The van der Waals surface area contributed by atoms with Crippen molar-refractivity contribution in [3.8, 4) is 0 Å². The van der Waals surface area contributed by atoms with E-state index in [4.69, 9.17) is 0 Å². The molecule has 84 valence electrons. The summed E-state index contributed by atoms with van der Waals surface area (Å²) in [7, 11) is 0. The largest absolute Gasteiger partial charge is 0.368 e. The first-order valence-electron chi connectivity index (χ1n) is 5.37. The number of pyridine rings is 1. The van der Waals surface area contributed by atoms with Crippen molar-refractivity contribution in [3.63, 3.8) is 0 Å². The summed E-state index contributed by atoms with van der Waals surface area (Å²) in [6.07, 6.45) is 5.88. The fourth-order valence-corrected chi connectivity index (χ4v) is 1.91. The number of hydrogen-bond acceptors (Lipinski definition) is 3. The normalized spacial score (nSPS) is 19.5. The zero-order chi connectivity index (χ0) is 11.4.